The van der Waals surface area contributed by atoms with E-state index >= 15 is 0 Å². The molecule has 2 fully saturated rings. The first kappa shape index (κ1) is 28.0. The number of rotatable bonds is 7. The van der Waals surface area contributed by atoms with Gasteiger partial charge in [0.15, 0.2) is 0 Å². The number of piperidine rings is 1. The Bertz CT molecular complexity index is 1110. The molecule has 4 rings (SSSR count). The average Bonchev–Trinajstić information content (AvgIpc) is 3.33. The van der Waals surface area contributed by atoms with Gasteiger partial charge in [-0.2, -0.15) is 0 Å². The Balaban J connectivity index is 1.44. The van der Waals surface area contributed by atoms with E-state index in [1.54, 1.807) is 6.92 Å². The van der Waals surface area contributed by atoms with Gasteiger partial charge < -0.3 is 14.5 Å². The molecule has 0 aliphatic carbocycles. The van der Waals surface area contributed by atoms with Crippen LogP contribution in [0.25, 0.3) is 0 Å². The van der Waals surface area contributed by atoms with Crippen LogP contribution in [-0.4, -0.2) is 78.4 Å². The second-order valence-electron chi connectivity index (χ2n) is 10.2. The van der Waals surface area contributed by atoms with Gasteiger partial charge in [0, 0.05) is 63.1 Å². The van der Waals surface area contributed by atoms with Gasteiger partial charge >= 0.3 is 0 Å². The molecule has 0 spiro atoms. The first-order chi connectivity index (χ1) is 17.6. The largest absolute Gasteiger partial charge is 0.490 e. The summed E-state index contributed by atoms with van der Waals surface area (Å²) in [7, 11) is 1.86. The summed E-state index contributed by atoms with van der Waals surface area (Å²) in [6.07, 6.45) is 1.62. The highest BCUT2D eigenvalue weighted by atomic mass is 35.5. The zero-order chi connectivity index (χ0) is 26.7. The van der Waals surface area contributed by atoms with Crippen LogP contribution in [0, 0.1) is 5.92 Å². The summed E-state index contributed by atoms with van der Waals surface area (Å²) in [6.45, 7) is 6.83. The fourth-order valence-corrected chi connectivity index (χ4v) is 5.86. The van der Waals surface area contributed by atoms with Gasteiger partial charge in [0.25, 0.3) is 0 Å². The summed E-state index contributed by atoms with van der Waals surface area (Å²) in [5.74, 6) is 1.08. The Morgan fingerprint density at radius 2 is 1.70 bits per heavy atom. The number of benzene rings is 2. The minimum Gasteiger partial charge on any atom is -0.490 e. The van der Waals surface area contributed by atoms with Crippen LogP contribution >= 0.6 is 34.8 Å². The Kier molecular flexibility index (Phi) is 9.28. The molecular formula is C28H34Cl3N3O3. The lowest BCUT2D eigenvalue weighted by Crippen LogP contribution is -2.48. The van der Waals surface area contributed by atoms with Gasteiger partial charge in [0.2, 0.25) is 11.8 Å². The van der Waals surface area contributed by atoms with Gasteiger partial charge in [-0.1, -0.05) is 40.9 Å². The summed E-state index contributed by atoms with van der Waals surface area (Å²) in [6, 6.07) is 13.3. The topological polar surface area (TPSA) is 53.1 Å². The number of amides is 2. The number of nitrogens with zero attached hydrogens (tertiary/aromatic N) is 3. The van der Waals surface area contributed by atoms with E-state index in [0.29, 0.717) is 34.7 Å². The molecule has 2 heterocycles. The van der Waals surface area contributed by atoms with E-state index in [4.69, 9.17) is 39.5 Å². The molecule has 0 radical (unpaired) electrons. The second-order valence-corrected chi connectivity index (χ2v) is 11.4. The zero-order valence-electron chi connectivity index (χ0n) is 21.5. The third-order valence-electron chi connectivity index (χ3n) is 7.79. The number of hydrogen-bond acceptors (Lipinski definition) is 4. The van der Waals surface area contributed by atoms with E-state index in [2.05, 4.69) is 4.90 Å². The highest BCUT2D eigenvalue weighted by Gasteiger charge is 2.40. The second kappa shape index (κ2) is 12.2. The van der Waals surface area contributed by atoms with E-state index in [0.717, 1.165) is 37.2 Å². The number of ether oxygens (including phenoxy) is 1. The van der Waals surface area contributed by atoms with E-state index in [1.165, 1.54) is 0 Å². The van der Waals surface area contributed by atoms with Gasteiger partial charge in [0.05, 0.1) is 16.6 Å². The smallest absolute Gasteiger partial charge is 0.236 e. The SMILES string of the molecule is CC(=O)N(C)C1CCN(CC(=O)N2C[C@@H]([C@@H](C)Oc3ccc(Cl)cc3)[C@H](c3ccc(Cl)c(Cl)c3)C2)CC1. The lowest BCUT2D eigenvalue weighted by molar-refractivity contribution is -0.134. The van der Waals surface area contributed by atoms with Crippen LogP contribution in [0.15, 0.2) is 42.5 Å². The summed E-state index contributed by atoms with van der Waals surface area (Å²) in [5.41, 5.74) is 1.05. The molecule has 2 aromatic carbocycles. The van der Waals surface area contributed by atoms with Crippen molar-refractivity contribution in [2.24, 2.45) is 5.92 Å². The quantitative estimate of drug-likeness (QED) is 0.438. The van der Waals surface area contributed by atoms with Crippen LogP contribution in [0.1, 0.15) is 38.2 Å². The van der Waals surface area contributed by atoms with Crippen LogP contribution in [0.4, 0.5) is 0 Å². The molecule has 0 unspecified atom stereocenters. The third kappa shape index (κ3) is 6.91. The molecule has 2 aliphatic rings. The van der Waals surface area contributed by atoms with Crippen molar-refractivity contribution in [1.29, 1.82) is 0 Å². The monoisotopic (exact) mass is 565 g/mol. The molecule has 0 N–H and O–H groups in total. The minimum absolute atomic E-state index is 0.0657. The van der Waals surface area contributed by atoms with Crippen LogP contribution in [0.2, 0.25) is 15.1 Å². The first-order valence-corrected chi connectivity index (χ1v) is 13.9. The Morgan fingerprint density at radius 1 is 1.03 bits per heavy atom. The predicted molar refractivity (Wildman–Crippen MR) is 149 cm³/mol. The molecule has 37 heavy (non-hydrogen) atoms. The van der Waals surface area contributed by atoms with Crippen molar-refractivity contribution in [2.75, 3.05) is 39.8 Å². The molecule has 2 aromatic rings. The van der Waals surface area contributed by atoms with Crippen molar-refractivity contribution >= 4 is 46.6 Å². The van der Waals surface area contributed by atoms with E-state index in [9.17, 15) is 9.59 Å². The van der Waals surface area contributed by atoms with Gasteiger partial charge in [-0.25, -0.2) is 0 Å². The number of hydrogen-bond donors (Lipinski definition) is 0. The summed E-state index contributed by atoms with van der Waals surface area (Å²) >= 11 is 18.6. The molecule has 2 saturated heterocycles. The molecule has 0 aromatic heterocycles. The Morgan fingerprint density at radius 3 is 2.32 bits per heavy atom. The fraction of sp³-hybridized carbons (Fsp3) is 0.500. The highest BCUT2D eigenvalue weighted by Crippen LogP contribution is 2.38. The molecule has 2 amide bonds. The average molecular weight is 567 g/mol. The van der Waals surface area contributed by atoms with Crippen LogP contribution in [0.3, 0.4) is 0 Å². The van der Waals surface area contributed by atoms with Crippen molar-refractivity contribution in [3.8, 4) is 5.75 Å². The lowest BCUT2D eigenvalue weighted by atomic mass is 9.85. The summed E-state index contributed by atoms with van der Waals surface area (Å²) in [5, 5.41) is 1.67. The van der Waals surface area contributed by atoms with Crippen molar-refractivity contribution in [3.63, 3.8) is 0 Å². The minimum atomic E-state index is -0.142. The number of likely N-dealkylation sites (tertiary alicyclic amines) is 2. The Labute approximate surface area is 234 Å². The molecule has 3 atom stereocenters. The molecular weight excluding hydrogens is 533 g/mol. The number of halogens is 3. The maximum absolute atomic E-state index is 13.4. The van der Waals surface area contributed by atoms with Crippen molar-refractivity contribution in [3.05, 3.63) is 63.1 Å². The highest BCUT2D eigenvalue weighted by molar-refractivity contribution is 6.42. The van der Waals surface area contributed by atoms with Gasteiger partial charge in [0.1, 0.15) is 11.9 Å². The maximum atomic E-state index is 13.4. The molecule has 200 valence electrons. The first-order valence-electron chi connectivity index (χ1n) is 12.7. The van der Waals surface area contributed by atoms with Gasteiger partial charge in [-0.05, 0) is 61.7 Å². The normalized spacial score (nSPS) is 21.6. The van der Waals surface area contributed by atoms with Crippen LogP contribution in [0.5, 0.6) is 5.75 Å². The molecule has 6 nitrogen and oxygen atoms in total. The predicted octanol–water partition coefficient (Wildman–Crippen LogP) is 5.60. The van der Waals surface area contributed by atoms with Crippen LogP contribution in [-0.2, 0) is 9.59 Å². The zero-order valence-corrected chi connectivity index (χ0v) is 23.8. The summed E-state index contributed by atoms with van der Waals surface area (Å²) in [4.78, 5) is 31.1. The third-order valence-corrected chi connectivity index (χ3v) is 8.78. The van der Waals surface area contributed by atoms with Crippen LogP contribution < -0.4 is 4.74 Å². The van der Waals surface area contributed by atoms with Crippen molar-refractivity contribution in [1.82, 2.24) is 14.7 Å². The number of carbonyl (C=O) groups excluding carboxylic acids is 2. The Hall–Kier alpha value is -1.99. The standard InChI is InChI=1S/C28H34Cl3N3O3/c1-18(37-23-7-5-21(29)6-8-23)24-15-34(16-25(24)20-4-9-26(30)27(31)14-20)28(36)17-33-12-10-22(11-13-33)32(3)19(2)35/h4-9,14,18,22,24-25H,10-13,15-17H2,1-3H3/t18-,24+,25+/m1/s1. The van der Waals surface area contributed by atoms with Gasteiger partial charge in [-0.3, -0.25) is 14.5 Å². The van der Waals surface area contributed by atoms with E-state index < -0.39 is 0 Å². The van der Waals surface area contributed by atoms with Crippen molar-refractivity contribution in [2.45, 2.75) is 44.8 Å². The molecule has 9 heteroatoms. The maximum Gasteiger partial charge on any atom is 0.236 e. The van der Waals surface area contributed by atoms with E-state index in [-0.39, 0.29) is 35.8 Å². The number of carbonyl (C=O) groups is 2. The summed E-state index contributed by atoms with van der Waals surface area (Å²) < 4.78 is 6.29. The lowest BCUT2D eigenvalue weighted by Gasteiger charge is -2.36. The molecule has 0 bridgehead atoms. The molecule has 0 saturated carbocycles. The molecule has 2 aliphatic heterocycles. The van der Waals surface area contributed by atoms with Gasteiger partial charge in [-0.15, -0.1) is 0 Å². The van der Waals surface area contributed by atoms with Crippen molar-refractivity contribution < 1.29 is 14.3 Å². The fourth-order valence-electron chi connectivity index (χ4n) is 5.43. The van der Waals surface area contributed by atoms with E-state index in [1.807, 2.05) is 66.2 Å².